The minimum atomic E-state index is 0.311. The van der Waals surface area contributed by atoms with Crippen LogP contribution in [0.3, 0.4) is 0 Å². The average molecular weight is 372 g/mol. The molecule has 0 saturated carbocycles. The second kappa shape index (κ2) is 11.4. The molecule has 0 amide bonds. The molecule has 1 aliphatic rings. The van der Waals surface area contributed by atoms with E-state index in [-0.39, 0.29) is 0 Å². The van der Waals surface area contributed by atoms with Crippen LogP contribution in [0.15, 0.2) is 0 Å². The predicted molar refractivity (Wildman–Crippen MR) is 84.7 cm³/mol. The molecule has 2 heteroatoms. The summed E-state index contributed by atoms with van der Waals surface area (Å²) < 4.78 is 6.30. The molecule has 0 aliphatic carbocycles. The molecule has 1 nitrogen and oxygen atoms in total. The molecule has 1 atom stereocenters. The quantitative estimate of drug-likeness (QED) is 0.350. The molecular weight excluding hydrogens is 339 g/mol. The van der Waals surface area contributed by atoms with Crippen molar-refractivity contribution in [2.75, 3.05) is 6.61 Å². The van der Waals surface area contributed by atoms with E-state index in [0.29, 0.717) is 3.62 Å². The fourth-order valence-corrected chi connectivity index (χ4v) is 4.25. The van der Waals surface area contributed by atoms with E-state index >= 15 is 0 Å². The Balaban J connectivity index is 1.83. The molecule has 19 heavy (non-hydrogen) atoms. The monoisotopic (exact) mass is 373 g/mol. The molecule has 0 aromatic carbocycles. The Hall–Kier alpha value is 0.759. The maximum atomic E-state index is 5.99. The van der Waals surface area contributed by atoms with Gasteiger partial charge in [0.1, 0.15) is 0 Å². The van der Waals surface area contributed by atoms with E-state index in [0.717, 1.165) is 6.61 Å². The van der Waals surface area contributed by atoms with Gasteiger partial charge in [-0.05, 0) is 0 Å². The van der Waals surface area contributed by atoms with Crippen molar-refractivity contribution < 1.29 is 4.74 Å². The van der Waals surface area contributed by atoms with E-state index in [1.54, 1.807) is 22.5 Å². The van der Waals surface area contributed by atoms with E-state index in [9.17, 15) is 0 Å². The third-order valence-electron chi connectivity index (χ3n) is 4.29. The standard InChI is InChI=1S/C17H33O.Sn/c1-2-3-4-5-6-7-8-9-10-11-14-17-15-12-13-16-18-17;/h2-16H2,1H3;. The van der Waals surface area contributed by atoms with E-state index in [4.69, 9.17) is 4.74 Å². The second-order valence-corrected chi connectivity index (χ2v) is 8.83. The molecule has 1 rings (SSSR count). The van der Waals surface area contributed by atoms with E-state index in [2.05, 4.69) is 6.92 Å². The molecule has 0 bridgehead atoms. The summed E-state index contributed by atoms with van der Waals surface area (Å²) in [6.45, 7) is 3.31. The topological polar surface area (TPSA) is 9.23 Å². The minimum absolute atomic E-state index is 0.311. The molecule has 1 saturated heterocycles. The van der Waals surface area contributed by atoms with Crippen LogP contribution >= 0.6 is 0 Å². The van der Waals surface area contributed by atoms with Crippen molar-refractivity contribution in [3.63, 3.8) is 0 Å². The molecule has 0 aromatic heterocycles. The first kappa shape index (κ1) is 17.8. The molecule has 1 fully saturated rings. The van der Waals surface area contributed by atoms with Crippen LogP contribution < -0.4 is 0 Å². The summed E-state index contributed by atoms with van der Waals surface area (Å²) in [5.41, 5.74) is 0. The number of rotatable bonds is 11. The Morgan fingerprint density at radius 3 is 1.95 bits per heavy atom. The van der Waals surface area contributed by atoms with E-state index in [1.807, 2.05) is 0 Å². The van der Waals surface area contributed by atoms with Crippen molar-refractivity contribution in [1.29, 1.82) is 0 Å². The fraction of sp³-hybridized carbons (Fsp3) is 1.00. The zero-order chi connectivity index (χ0) is 13.8. The van der Waals surface area contributed by atoms with Crippen LogP contribution in [0.5, 0.6) is 0 Å². The van der Waals surface area contributed by atoms with Gasteiger partial charge in [-0.1, -0.05) is 6.92 Å². The Morgan fingerprint density at radius 2 is 1.42 bits per heavy atom. The summed E-state index contributed by atoms with van der Waals surface area (Å²) in [5, 5.41) is 0. The van der Waals surface area contributed by atoms with Crippen molar-refractivity contribution in [2.24, 2.45) is 0 Å². The molecule has 1 aliphatic heterocycles. The van der Waals surface area contributed by atoms with Gasteiger partial charge in [-0.3, -0.25) is 0 Å². The summed E-state index contributed by atoms with van der Waals surface area (Å²) in [5.74, 6) is 0. The van der Waals surface area contributed by atoms with E-state index < -0.39 is 0 Å². The first-order valence-electron chi connectivity index (χ1n) is 8.66. The van der Waals surface area contributed by atoms with Crippen LogP contribution in [-0.4, -0.2) is 32.7 Å². The maximum absolute atomic E-state index is 5.99. The van der Waals surface area contributed by atoms with Crippen molar-refractivity contribution in [1.82, 2.24) is 0 Å². The van der Waals surface area contributed by atoms with Crippen molar-refractivity contribution in [3.8, 4) is 0 Å². The number of ether oxygens (including phenoxy) is 1. The van der Waals surface area contributed by atoms with Gasteiger partial charge in [-0.25, -0.2) is 0 Å². The molecule has 3 radical (unpaired) electrons. The first-order valence-corrected chi connectivity index (χ1v) is 10.1. The zero-order valence-corrected chi connectivity index (χ0v) is 15.9. The fourth-order valence-electron chi connectivity index (χ4n) is 2.95. The number of hydrogen-bond acceptors (Lipinski definition) is 1. The molecule has 1 heterocycles. The third kappa shape index (κ3) is 9.33. The Labute approximate surface area is 134 Å². The van der Waals surface area contributed by atoms with Crippen LogP contribution in [-0.2, 0) is 4.74 Å². The van der Waals surface area contributed by atoms with Crippen molar-refractivity contribution in [3.05, 3.63) is 0 Å². The molecule has 0 spiro atoms. The van der Waals surface area contributed by atoms with Crippen LogP contribution in [0.25, 0.3) is 0 Å². The average Bonchev–Trinajstić information content (AvgIpc) is 2.42. The van der Waals surface area contributed by atoms with Gasteiger partial charge in [0.2, 0.25) is 0 Å². The predicted octanol–water partition coefficient (Wildman–Crippen LogP) is 5.36. The van der Waals surface area contributed by atoms with Crippen LogP contribution in [0, 0.1) is 0 Å². The van der Waals surface area contributed by atoms with Crippen molar-refractivity contribution >= 4 is 22.5 Å². The Bertz CT molecular complexity index is 199. The van der Waals surface area contributed by atoms with Gasteiger partial charge in [0.25, 0.3) is 0 Å². The van der Waals surface area contributed by atoms with Gasteiger partial charge in [-0.2, -0.15) is 0 Å². The van der Waals surface area contributed by atoms with Gasteiger partial charge >= 0.3 is 127 Å². The van der Waals surface area contributed by atoms with Gasteiger partial charge in [0.05, 0.1) is 0 Å². The molecule has 0 aromatic rings. The second-order valence-electron chi connectivity index (χ2n) is 6.23. The number of unbranched alkanes of at least 4 members (excludes halogenated alkanes) is 9. The van der Waals surface area contributed by atoms with Gasteiger partial charge < -0.3 is 0 Å². The molecule has 111 valence electrons. The summed E-state index contributed by atoms with van der Waals surface area (Å²) in [7, 11) is 0. The molecule has 1 unspecified atom stereocenters. The van der Waals surface area contributed by atoms with Crippen LogP contribution in [0.4, 0.5) is 0 Å². The normalized spacial score (nSPS) is 23.7. The van der Waals surface area contributed by atoms with Gasteiger partial charge in [0.15, 0.2) is 0 Å². The van der Waals surface area contributed by atoms with E-state index in [1.165, 1.54) is 89.9 Å². The van der Waals surface area contributed by atoms with Crippen LogP contribution in [0.2, 0.25) is 0 Å². The molecule has 0 N–H and O–H groups in total. The van der Waals surface area contributed by atoms with Gasteiger partial charge in [-0.15, -0.1) is 0 Å². The Kier molecular flexibility index (Phi) is 10.7. The Morgan fingerprint density at radius 1 is 0.842 bits per heavy atom. The summed E-state index contributed by atoms with van der Waals surface area (Å²) >= 11 is 1.61. The zero-order valence-electron chi connectivity index (χ0n) is 13.0. The molecular formula is C17H33OSn. The third-order valence-corrected chi connectivity index (χ3v) is 6.13. The van der Waals surface area contributed by atoms with Crippen LogP contribution in [0.1, 0.15) is 96.8 Å². The summed E-state index contributed by atoms with van der Waals surface area (Å²) in [6, 6.07) is 0. The number of hydrogen-bond donors (Lipinski definition) is 0. The SMILES string of the molecule is CCCCCCCCCCCC[C]1([Sn])CCCCO1. The summed E-state index contributed by atoms with van der Waals surface area (Å²) in [4.78, 5) is 0. The summed E-state index contributed by atoms with van der Waals surface area (Å²) in [6.07, 6.45) is 19.7. The van der Waals surface area contributed by atoms with Crippen molar-refractivity contribution in [2.45, 2.75) is 100 Å². The van der Waals surface area contributed by atoms with Gasteiger partial charge in [0, 0.05) is 0 Å². The first-order chi connectivity index (χ1) is 9.27.